The molecule has 3 rings (SSSR count). The van der Waals surface area contributed by atoms with E-state index in [9.17, 15) is 0 Å². The molecule has 1 unspecified atom stereocenters. The summed E-state index contributed by atoms with van der Waals surface area (Å²) >= 11 is 0. The maximum absolute atomic E-state index is 5.86. The van der Waals surface area contributed by atoms with E-state index in [-0.39, 0.29) is 0 Å². The number of allylic oxidation sites excluding steroid dienone is 2. The number of morpholine rings is 1. The first kappa shape index (κ1) is 19.2. The van der Waals surface area contributed by atoms with Crippen LogP contribution in [0, 0.1) is 0 Å². The quantitative estimate of drug-likeness (QED) is 0.794. The van der Waals surface area contributed by atoms with E-state index < -0.39 is 0 Å². The van der Waals surface area contributed by atoms with Gasteiger partial charge in [-0.2, -0.15) is 0 Å². The van der Waals surface area contributed by atoms with Gasteiger partial charge in [0.05, 0.1) is 18.9 Å². The van der Waals surface area contributed by atoms with Crippen molar-refractivity contribution in [3.63, 3.8) is 0 Å². The van der Waals surface area contributed by atoms with E-state index in [1.165, 1.54) is 17.5 Å². The van der Waals surface area contributed by atoms with Gasteiger partial charge in [-0.3, -0.25) is 9.89 Å². The Bertz CT molecular complexity index is 810. The van der Waals surface area contributed by atoms with Crippen molar-refractivity contribution in [3.8, 4) is 0 Å². The topological polar surface area (TPSA) is 76.6 Å². The number of hydrogen-bond acceptors (Lipinski definition) is 6. The van der Waals surface area contributed by atoms with Crippen molar-refractivity contribution in [3.05, 3.63) is 53.5 Å². The summed E-state index contributed by atoms with van der Waals surface area (Å²) in [4.78, 5) is 14.7. The van der Waals surface area contributed by atoms with E-state index in [1.54, 1.807) is 0 Å². The molecule has 1 atom stereocenters. The molecule has 1 aromatic carbocycles. The van der Waals surface area contributed by atoms with E-state index in [2.05, 4.69) is 63.8 Å². The van der Waals surface area contributed by atoms with Gasteiger partial charge in [-0.25, -0.2) is 9.97 Å². The van der Waals surface area contributed by atoms with Crippen LogP contribution >= 0.6 is 0 Å². The fourth-order valence-corrected chi connectivity index (χ4v) is 3.31. The van der Waals surface area contributed by atoms with Gasteiger partial charge >= 0.3 is 0 Å². The van der Waals surface area contributed by atoms with Crippen LogP contribution < -0.4 is 5.73 Å². The molecule has 6 heteroatoms. The highest BCUT2D eigenvalue weighted by Crippen LogP contribution is 2.28. The van der Waals surface area contributed by atoms with Crippen molar-refractivity contribution in [1.29, 1.82) is 0 Å². The van der Waals surface area contributed by atoms with Crippen LogP contribution in [0.5, 0.6) is 0 Å². The largest absolute Gasteiger partial charge is 0.382 e. The molecule has 1 fully saturated rings. The first-order chi connectivity index (χ1) is 13.1. The molecule has 1 aliphatic rings. The predicted molar refractivity (Wildman–Crippen MR) is 110 cm³/mol. The maximum atomic E-state index is 5.86. The van der Waals surface area contributed by atoms with Crippen LogP contribution in [0.2, 0.25) is 0 Å². The average Bonchev–Trinajstić information content (AvgIpc) is 2.72. The number of nitrogens with two attached hydrogens (primary N) is 1. The van der Waals surface area contributed by atoms with Crippen LogP contribution in [0.4, 0.5) is 11.5 Å². The minimum Gasteiger partial charge on any atom is -0.382 e. The Hall–Kier alpha value is -2.57. The molecule has 2 heterocycles. The molecule has 0 bridgehead atoms. The van der Waals surface area contributed by atoms with Crippen molar-refractivity contribution in [2.45, 2.75) is 26.3 Å². The number of ether oxygens (including phenoxy) is 1. The zero-order valence-corrected chi connectivity index (χ0v) is 16.1. The number of aliphatic imine (C=N–C) groups is 1. The molecule has 0 amide bonds. The Balaban J connectivity index is 1.68. The van der Waals surface area contributed by atoms with Gasteiger partial charge in [0.15, 0.2) is 5.82 Å². The minimum absolute atomic E-state index is 0.351. The Morgan fingerprint density at radius 3 is 2.67 bits per heavy atom. The third-order valence-electron chi connectivity index (χ3n) is 5.08. The van der Waals surface area contributed by atoms with Crippen LogP contribution in [0.1, 0.15) is 36.7 Å². The minimum atomic E-state index is 0.351. The van der Waals surface area contributed by atoms with E-state index in [0.717, 1.165) is 44.0 Å². The van der Waals surface area contributed by atoms with Gasteiger partial charge < -0.3 is 10.5 Å². The van der Waals surface area contributed by atoms with E-state index in [0.29, 0.717) is 17.5 Å². The predicted octanol–water partition coefficient (Wildman–Crippen LogP) is 3.43. The Morgan fingerprint density at radius 1 is 1.30 bits per heavy atom. The third-order valence-corrected chi connectivity index (χ3v) is 5.08. The summed E-state index contributed by atoms with van der Waals surface area (Å²) in [6, 6.07) is 9.23. The average molecular weight is 365 g/mol. The monoisotopic (exact) mass is 365 g/mol. The van der Waals surface area contributed by atoms with Gasteiger partial charge in [-0.15, -0.1) is 0 Å². The second-order valence-corrected chi connectivity index (χ2v) is 6.77. The lowest BCUT2D eigenvalue weighted by Crippen LogP contribution is -2.37. The lowest BCUT2D eigenvalue weighted by molar-refractivity contribution is 0.0198. The van der Waals surface area contributed by atoms with E-state index in [4.69, 9.17) is 10.5 Å². The van der Waals surface area contributed by atoms with Crippen LogP contribution in [0.15, 0.2) is 41.7 Å². The van der Waals surface area contributed by atoms with Crippen molar-refractivity contribution < 1.29 is 4.74 Å². The Morgan fingerprint density at radius 2 is 2.00 bits per heavy atom. The fraction of sp³-hybridized carbons (Fsp3) is 0.381. The van der Waals surface area contributed by atoms with Gasteiger partial charge in [0, 0.05) is 19.1 Å². The number of nitrogens with zero attached hydrogens (tertiary/aromatic N) is 4. The summed E-state index contributed by atoms with van der Waals surface area (Å²) in [5, 5.41) is 0. The lowest BCUT2D eigenvalue weighted by atomic mass is 10.0. The fourth-order valence-electron chi connectivity index (χ4n) is 3.31. The van der Waals surface area contributed by atoms with Gasteiger partial charge in [0.25, 0.3) is 0 Å². The maximum Gasteiger partial charge on any atom is 0.153 e. The highest BCUT2D eigenvalue weighted by molar-refractivity contribution is 5.77. The van der Waals surface area contributed by atoms with Crippen LogP contribution in [-0.4, -0.2) is 47.9 Å². The molecule has 1 aliphatic heterocycles. The standard InChI is InChI=1S/C21H27N5O/c1-15(19-20(23-3)21(22)25-14-24-19)4-5-17-6-8-18(9-7-17)16(2)26-10-12-27-13-11-26/h4,6-9,14,16H,3,5,10-13H2,1-2H3,(H2,22,24,25)/b15-4-. The van der Waals surface area contributed by atoms with E-state index in [1.807, 2.05) is 6.92 Å². The lowest BCUT2D eigenvalue weighted by Gasteiger charge is -2.32. The first-order valence-electron chi connectivity index (χ1n) is 9.25. The van der Waals surface area contributed by atoms with Gasteiger partial charge in [-0.05, 0) is 43.7 Å². The summed E-state index contributed by atoms with van der Waals surface area (Å²) in [5.74, 6) is 0.351. The molecule has 0 spiro atoms. The molecular weight excluding hydrogens is 338 g/mol. The summed E-state index contributed by atoms with van der Waals surface area (Å²) in [6.45, 7) is 11.5. The van der Waals surface area contributed by atoms with E-state index >= 15 is 0 Å². The number of nitrogen functional groups attached to an aromatic ring is 1. The second kappa shape index (κ2) is 8.88. The first-order valence-corrected chi connectivity index (χ1v) is 9.25. The summed E-state index contributed by atoms with van der Waals surface area (Å²) < 4.78 is 5.44. The van der Waals surface area contributed by atoms with Gasteiger partial charge in [0.2, 0.25) is 0 Å². The van der Waals surface area contributed by atoms with Crippen molar-refractivity contribution >= 4 is 23.8 Å². The second-order valence-electron chi connectivity index (χ2n) is 6.77. The molecule has 0 radical (unpaired) electrons. The number of rotatable bonds is 6. The molecule has 142 valence electrons. The summed E-state index contributed by atoms with van der Waals surface area (Å²) in [6.07, 6.45) is 4.41. The molecular formula is C21H27N5O. The summed E-state index contributed by atoms with van der Waals surface area (Å²) in [7, 11) is 0. The normalized spacial score (nSPS) is 16.9. The van der Waals surface area contributed by atoms with Gasteiger partial charge in [0.1, 0.15) is 12.0 Å². The zero-order valence-electron chi connectivity index (χ0n) is 16.1. The smallest absolute Gasteiger partial charge is 0.153 e. The molecule has 2 N–H and O–H groups in total. The molecule has 0 aliphatic carbocycles. The van der Waals surface area contributed by atoms with Crippen LogP contribution in [0.25, 0.3) is 5.57 Å². The van der Waals surface area contributed by atoms with Crippen molar-refractivity contribution in [1.82, 2.24) is 14.9 Å². The van der Waals surface area contributed by atoms with Crippen LogP contribution in [0.3, 0.4) is 0 Å². The number of benzene rings is 1. The Labute approximate surface area is 160 Å². The zero-order chi connectivity index (χ0) is 19.2. The number of aromatic nitrogens is 2. The molecule has 0 saturated carbocycles. The molecule has 6 nitrogen and oxygen atoms in total. The highest BCUT2D eigenvalue weighted by atomic mass is 16.5. The molecule has 1 aromatic heterocycles. The Kier molecular flexibility index (Phi) is 6.32. The highest BCUT2D eigenvalue weighted by Gasteiger charge is 2.18. The van der Waals surface area contributed by atoms with Gasteiger partial charge in [-0.1, -0.05) is 30.3 Å². The molecule has 2 aromatic rings. The number of hydrogen-bond donors (Lipinski definition) is 1. The molecule has 27 heavy (non-hydrogen) atoms. The SMILES string of the molecule is C=Nc1c(N)ncnc1/C(C)=C\Cc1ccc(C(C)N2CCOCC2)cc1. The van der Waals surface area contributed by atoms with Crippen molar-refractivity contribution in [2.24, 2.45) is 4.99 Å². The van der Waals surface area contributed by atoms with Crippen molar-refractivity contribution in [2.75, 3.05) is 32.0 Å². The summed E-state index contributed by atoms with van der Waals surface area (Å²) in [5.41, 5.74) is 10.7. The van der Waals surface area contributed by atoms with Crippen LogP contribution in [-0.2, 0) is 11.2 Å². The third kappa shape index (κ3) is 4.59. The number of anilines is 1. The molecule has 1 saturated heterocycles.